The number of halogens is 1. The van der Waals surface area contributed by atoms with E-state index in [-0.39, 0.29) is 12.5 Å². The molecule has 0 aromatic carbocycles. The van der Waals surface area contributed by atoms with Gasteiger partial charge in [-0.2, -0.15) is 0 Å². The molecular weight excluding hydrogens is 236 g/mol. The summed E-state index contributed by atoms with van der Waals surface area (Å²) in [4.78, 5) is 0. The molecule has 0 heterocycles. The Morgan fingerprint density at radius 1 is 1.41 bits per heavy atom. The van der Waals surface area contributed by atoms with Crippen molar-refractivity contribution in [3.8, 4) is 0 Å². The number of aliphatic hydroxyl groups excluding tert-OH is 1. The zero-order chi connectivity index (χ0) is 12.3. The van der Waals surface area contributed by atoms with E-state index in [1.165, 1.54) is 0 Å². The van der Waals surface area contributed by atoms with E-state index in [0.29, 0.717) is 5.92 Å². The Morgan fingerprint density at radius 2 is 2.24 bits per heavy atom. The summed E-state index contributed by atoms with van der Waals surface area (Å²) < 4.78 is 5.47. The van der Waals surface area contributed by atoms with Crippen molar-refractivity contribution in [3.63, 3.8) is 0 Å². The van der Waals surface area contributed by atoms with Crippen molar-refractivity contribution in [2.45, 2.75) is 12.8 Å². The van der Waals surface area contributed by atoms with E-state index in [2.05, 4.69) is 18.2 Å². The quantitative estimate of drug-likeness (QED) is 0.836. The zero-order valence-electron chi connectivity index (χ0n) is 9.90. The molecule has 0 radical (unpaired) electrons. The van der Waals surface area contributed by atoms with Crippen molar-refractivity contribution in [3.05, 3.63) is 46.7 Å². The second-order valence-electron chi connectivity index (χ2n) is 4.33. The molecule has 0 spiro atoms. The Hall–Kier alpha value is -0.990. The van der Waals surface area contributed by atoms with Crippen molar-refractivity contribution in [1.29, 1.82) is 0 Å². The lowest BCUT2D eigenvalue weighted by Crippen LogP contribution is -2.18. The standard InChI is InChI=1S/C14H17ClO2/c1-17-14-11(9-16)3-2-4-13(14)10-5-7-12(15)8-6-10/h2,4-5,7-8,10-11,16H,3,6,9H2,1H3. The minimum atomic E-state index is 0.0924. The smallest absolute Gasteiger partial charge is 0.105 e. The van der Waals surface area contributed by atoms with Crippen LogP contribution in [0.1, 0.15) is 12.8 Å². The van der Waals surface area contributed by atoms with Gasteiger partial charge in [0.2, 0.25) is 0 Å². The third-order valence-corrected chi connectivity index (χ3v) is 3.55. The van der Waals surface area contributed by atoms with Gasteiger partial charge in [0.25, 0.3) is 0 Å². The van der Waals surface area contributed by atoms with Crippen LogP contribution in [0, 0.1) is 11.8 Å². The molecule has 3 heteroatoms. The fraction of sp³-hybridized carbons (Fsp3) is 0.429. The van der Waals surface area contributed by atoms with Gasteiger partial charge in [0.1, 0.15) is 5.76 Å². The Kier molecular flexibility index (Phi) is 4.08. The van der Waals surface area contributed by atoms with Gasteiger partial charge in [-0.3, -0.25) is 0 Å². The van der Waals surface area contributed by atoms with Gasteiger partial charge in [0, 0.05) is 16.9 Å². The molecule has 2 aliphatic carbocycles. The van der Waals surface area contributed by atoms with Crippen LogP contribution >= 0.6 is 11.6 Å². The molecule has 0 aromatic heterocycles. The Bertz CT molecular complexity index is 404. The minimum absolute atomic E-state index is 0.0924. The van der Waals surface area contributed by atoms with E-state index in [1.807, 2.05) is 12.2 Å². The van der Waals surface area contributed by atoms with Gasteiger partial charge in [-0.1, -0.05) is 35.9 Å². The molecule has 17 heavy (non-hydrogen) atoms. The second kappa shape index (κ2) is 5.56. The van der Waals surface area contributed by atoms with Gasteiger partial charge < -0.3 is 9.84 Å². The molecule has 2 nitrogen and oxygen atoms in total. The summed E-state index contributed by atoms with van der Waals surface area (Å²) >= 11 is 5.92. The normalized spacial score (nSPS) is 28.3. The van der Waals surface area contributed by atoms with Crippen LogP contribution < -0.4 is 0 Å². The first-order valence-corrected chi connectivity index (χ1v) is 6.23. The Labute approximate surface area is 107 Å². The lowest BCUT2D eigenvalue weighted by atomic mass is 9.84. The summed E-state index contributed by atoms with van der Waals surface area (Å²) in [6.07, 6.45) is 12.0. The van der Waals surface area contributed by atoms with E-state index in [0.717, 1.165) is 29.2 Å². The Morgan fingerprint density at radius 3 is 2.82 bits per heavy atom. The fourth-order valence-corrected chi connectivity index (χ4v) is 2.52. The molecule has 92 valence electrons. The predicted molar refractivity (Wildman–Crippen MR) is 69.6 cm³/mol. The van der Waals surface area contributed by atoms with Crippen LogP contribution in [-0.4, -0.2) is 18.8 Å². The van der Waals surface area contributed by atoms with Gasteiger partial charge in [-0.05, 0) is 24.5 Å². The molecule has 0 aliphatic heterocycles. The van der Waals surface area contributed by atoms with Crippen LogP contribution in [0.4, 0.5) is 0 Å². The second-order valence-corrected chi connectivity index (χ2v) is 4.77. The lowest BCUT2D eigenvalue weighted by molar-refractivity contribution is 0.170. The molecule has 2 aliphatic rings. The van der Waals surface area contributed by atoms with E-state index in [1.54, 1.807) is 7.11 Å². The van der Waals surface area contributed by atoms with Crippen LogP contribution in [0.15, 0.2) is 46.7 Å². The molecular formula is C14H17ClO2. The third-order valence-electron chi connectivity index (χ3n) is 3.27. The highest BCUT2D eigenvalue weighted by Crippen LogP contribution is 2.34. The topological polar surface area (TPSA) is 29.5 Å². The molecule has 1 N–H and O–H groups in total. The number of ether oxygens (including phenoxy) is 1. The summed E-state index contributed by atoms with van der Waals surface area (Å²) in [5, 5.41) is 10.1. The summed E-state index contributed by atoms with van der Waals surface area (Å²) in [6.45, 7) is 0.129. The highest BCUT2D eigenvalue weighted by atomic mass is 35.5. The molecule has 0 fully saturated rings. The summed E-state index contributed by atoms with van der Waals surface area (Å²) in [5.41, 5.74) is 1.16. The van der Waals surface area contributed by atoms with Gasteiger partial charge >= 0.3 is 0 Å². The average Bonchev–Trinajstić information content (AvgIpc) is 2.38. The summed E-state index contributed by atoms with van der Waals surface area (Å²) in [7, 11) is 1.67. The van der Waals surface area contributed by atoms with E-state index in [9.17, 15) is 5.11 Å². The monoisotopic (exact) mass is 252 g/mol. The summed E-state index contributed by atoms with van der Waals surface area (Å²) in [5.74, 6) is 1.31. The first-order chi connectivity index (χ1) is 8.26. The molecule has 2 unspecified atom stereocenters. The maximum absolute atomic E-state index is 9.35. The van der Waals surface area contributed by atoms with E-state index < -0.39 is 0 Å². The van der Waals surface area contributed by atoms with Crippen LogP contribution in [0.2, 0.25) is 0 Å². The van der Waals surface area contributed by atoms with Gasteiger partial charge in [0.15, 0.2) is 0 Å². The SMILES string of the molecule is COC1=C(C2C=CC(Cl)=CC2)C=CCC1CO. The fourth-order valence-electron chi connectivity index (χ4n) is 2.36. The highest BCUT2D eigenvalue weighted by molar-refractivity contribution is 6.31. The van der Waals surface area contributed by atoms with Gasteiger partial charge in [0.05, 0.1) is 13.7 Å². The Balaban J connectivity index is 2.26. The minimum Gasteiger partial charge on any atom is -0.500 e. The number of allylic oxidation sites excluding steroid dienone is 7. The molecule has 0 amide bonds. The molecule has 0 bridgehead atoms. The first-order valence-electron chi connectivity index (χ1n) is 5.85. The van der Waals surface area contributed by atoms with Crippen molar-refractivity contribution in [2.24, 2.45) is 11.8 Å². The molecule has 0 aromatic rings. The molecule has 2 rings (SSSR count). The highest BCUT2D eigenvalue weighted by Gasteiger charge is 2.24. The van der Waals surface area contributed by atoms with Crippen molar-refractivity contribution in [1.82, 2.24) is 0 Å². The number of rotatable bonds is 3. The zero-order valence-corrected chi connectivity index (χ0v) is 10.7. The van der Waals surface area contributed by atoms with Crippen LogP contribution in [0.3, 0.4) is 0 Å². The molecule has 0 saturated carbocycles. The number of hydrogen-bond donors (Lipinski definition) is 1. The molecule has 2 atom stereocenters. The maximum Gasteiger partial charge on any atom is 0.105 e. The maximum atomic E-state index is 9.35. The van der Waals surface area contributed by atoms with Crippen LogP contribution in [0.5, 0.6) is 0 Å². The van der Waals surface area contributed by atoms with Crippen LogP contribution in [0.25, 0.3) is 0 Å². The largest absolute Gasteiger partial charge is 0.500 e. The van der Waals surface area contributed by atoms with Gasteiger partial charge in [-0.25, -0.2) is 0 Å². The van der Waals surface area contributed by atoms with Gasteiger partial charge in [-0.15, -0.1) is 0 Å². The first kappa shape index (κ1) is 12.5. The van der Waals surface area contributed by atoms with E-state index >= 15 is 0 Å². The average molecular weight is 253 g/mol. The van der Waals surface area contributed by atoms with Crippen molar-refractivity contribution >= 4 is 11.6 Å². The number of hydrogen-bond acceptors (Lipinski definition) is 2. The van der Waals surface area contributed by atoms with Crippen molar-refractivity contribution < 1.29 is 9.84 Å². The molecule has 0 saturated heterocycles. The van der Waals surface area contributed by atoms with E-state index in [4.69, 9.17) is 16.3 Å². The summed E-state index contributed by atoms with van der Waals surface area (Å²) in [6, 6.07) is 0. The third kappa shape index (κ3) is 2.64. The lowest BCUT2D eigenvalue weighted by Gasteiger charge is -2.26. The predicted octanol–water partition coefficient (Wildman–Crippen LogP) is 3.15. The van der Waals surface area contributed by atoms with Crippen LogP contribution in [-0.2, 0) is 4.74 Å². The van der Waals surface area contributed by atoms with Crippen molar-refractivity contribution in [2.75, 3.05) is 13.7 Å². The number of methoxy groups -OCH3 is 1. The number of aliphatic hydroxyl groups is 1.